The molecule has 0 bridgehead atoms. The quantitative estimate of drug-likeness (QED) is 0.737. The molecule has 14 heavy (non-hydrogen) atoms. The molecular weight excluding hydrogens is 176 g/mol. The number of pyridine rings is 1. The van der Waals surface area contributed by atoms with Gasteiger partial charge in [-0.3, -0.25) is 4.79 Å². The van der Waals surface area contributed by atoms with Crippen LogP contribution in [0.3, 0.4) is 0 Å². The zero-order valence-corrected chi connectivity index (χ0v) is 8.24. The lowest BCUT2D eigenvalue weighted by molar-refractivity contribution is 0.873. The van der Waals surface area contributed by atoms with Crippen LogP contribution in [-0.4, -0.2) is 11.6 Å². The number of aryl methyl sites for hydroxylation is 1. The maximum absolute atomic E-state index is 11.7. The summed E-state index contributed by atoms with van der Waals surface area (Å²) in [7, 11) is 3.61. The lowest BCUT2D eigenvalue weighted by Crippen LogP contribution is -2.15. The van der Waals surface area contributed by atoms with Crippen molar-refractivity contribution in [1.29, 1.82) is 0 Å². The number of hydrogen-bond donors (Lipinski definition) is 1. The van der Waals surface area contributed by atoms with Crippen LogP contribution < -0.4 is 10.9 Å². The third-order valence-corrected chi connectivity index (χ3v) is 2.39. The van der Waals surface area contributed by atoms with Gasteiger partial charge in [0, 0.05) is 36.8 Å². The lowest BCUT2D eigenvalue weighted by atomic mass is 10.1. The van der Waals surface area contributed by atoms with Crippen molar-refractivity contribution in [3.05, 3.63) is 40.8 Å². The van der Waals surface area contributed by atoms with Crippen molar-refractivity contribution >= 4 is 16.5 Å². The van der Waals surface area contributed by atoms with Crippen LogP contribution in [0.1, 0.15) is 0 Å². The van der Waals surface area contributed by atoms with Crippen LogP contribution in [0.2, 0.25) is 0 Å². The fraction of sp³-hybridized carbons (Fsp3) is 0.182. The maximum atomic E-state index is 11.7. The minimum absolute atomic E-state index is 0.0413. The third kappa shape index (κ3) is 1.18. The summed E-state index contributed by atoms with van der Waals surface area (Å²) in [5.41, 5.74) is 1.03. The number of hydrogen-bond acceptors (Lipinski definition) is 2. The highest BCUT2D eigenvalue weighted by atomic mass is 16.1. The highest BCUT2D eigenvalue weighted by Gasteiger charge is 2.02. The second kappa shape index (κ2) is 3.18. The van der Waals surface area contributed by atoms with Crippen molar-refractivity contribution in [2.75, 3.05) is 12.4 Å². The zero-order valence-electron chi connectivity index (χ0n) is 8.24. The Balaban J connectivity index is 2.93. The van der Waals surface area contributed by atoms with Crippen molar-refractivity contribution in [2.24, 2.45) is 7.05 Å². The number of rotatable bonds is 1. The number of aromatic nitrogens is 1. The summed E-state index contributed by atoms with van der Waals surface area (Å²) < 4.78 is 1.59. The van der Waals surface area contributed by atoms with Crippen molar-refractivity contribution in [2.45, 2.75) is 0 Å². The number of benzene rings is 1. The van der Waals surface area contributed by atoms with Gasteiger partial charge in [0.25, 0.3) is 5.56 Å². The van der Waals surface area contributed by atoms with Crippen molar-refractivity contribution in [1.82, 2.24) is 4.57 Å². The van der Waals surface area contributed by atoms with Crippen LogP contribution in [0.5, 0.6) is 0 Å². The Morgan fingerprint density at radius 2 is 2.00 bits per heavy atom. The van der Waals surface area contributed by atoms with E-state index >= 15 is 0 Å². The fourth-order valence-corrected chi connectivity index (χ4v) is 1.59. The predicted octanol–water partition coefficient (Wildman–Crippen LogP) is 1.58. The van der Waals surface area contributed by atoms with E-state index in [1.165, 1.54) is 0 Å². The van der Waals surface area contributed by atoms with Gasteiger partial charge in [0.15, 0.2) is 0 Å². The normalized spacial score (nSPS) is 10.4. The molecule has 0 spiro atoms. The fourth-order valence-electron chi connectivity index (χ4n) is 1.59. The monoisotopic (exact) mass is 188 g/mol. The molecule has 0 saturated carbocycles. The van der Waals surface area contributed by atoms with E-state index in [-0.39, 0.29) is 5.56 Å². The molecular formula is C11H12N2O. The summed E-state index contributed by atoms with van der Waals surface area (Å²) >= 11 is 0. The Morgan fingerprint density at radius 3 is 2.71 bits per heavy atom. The minimum atomic E-state index is 0.0413. The van der Waals surface area contributed by atoms with Gasteiger partial charge >= 0.3 is 0 Å². The SMILES string of the molecule is CNc1cccc2c(=O)n(C)ccc12. The number of nitrogens with zero attached hydrogens (tertiary/aromatic N) is 1. The van der Waals surface area contributed by atoms with Gasteiger partial charge < -0.3 is 9.88 Å². The summed E-state index contributed by atoms with van der Waals surface area (Å²) in [6, 6.07) is 7.64. The van der Waals surface area contributed by atoms with Gasteiger partial charge in [-0.2, -0.15) is 0 Å². The summed E-state index contributed by atoms with van der Waals surface area (Å²) in [5, 5.41) is 4.79. The number of fused-ring (bicyclic) bond motifs is 1. The van der Waals surface area contributed by atoms with Crippen molar-refractivity contribution in [3.63, 3.8) is 0 Å². The van der Waals surface area contributed by atoms with E-state index in [4.69, 9.17) is 0 Å². The zero-order chi connectivity index (χ0) is 10.1. The predicted molar refractivity (Wildman–Crippen MR) is 58.7 cm³/mol. The number of nitrogens with one attached hydrogen (secondary N) is 1. The van der Waals surface area contributed by atoms with Gasteiger partial charge in [-0.1, -0.05) is 6.07 Å². The van der Waals surface area contributed by atoms with Crippen LogP contribution in [0.4, 0.5) is 5.69 Å². The van der Waals surface area contributed by atoms with E-state index in [1.54, 1.807) is 17.8 Å². The number of anilines is 1. The van der Waals surface area contributed by atoms with Gasteiger partial charge in [0.1, 0.15) is 0 Å². The largest absolute Gasteiger partial charge is 0.388 e. The maximum Gasteiger partial charge on any atom is 0.258 e. The molecule has 0 unspecified atom stereocenters. The summed E-state index contributed by atoms with van der Waals surface area (Å²) in [4.78, 5) is 11.7. The molecule has 0 aliphatic rings. The average molecular weight is 188 g/mol. The Kier molecular flexibility index (Phi) is 2.00. The molecule has 0 aliphatic heterocycles. The van der Waals surface area contributed by atoms with Gasteiger partial charge in [-0.05, 0) is 18.2 Å². The molecule has 0 atom stereocenters. The first-order valence-corrected chi connectivity index (χ1v) is 4.50. The highest BCUT2D eigenvalue weighted by Crippen LogP contribution is 2.19. The summed E-state index contributed by atoms with van der Waals surface area (Å²) in [6.45, 7) is 0. The van der Waals surface area contributed by atoms with Gasteiger partial charge in [-0.15, -0.1) is 0 Å². The first-order valence-electron chi connectivity index (χ1n) is 4.50. The molecule has 3 heteroatoms. The molecule has 1 aromatic heterocycles. The van der Waals surface area contributed by atoms with E-state index in [0.717, 1.165) is 16.5 Å². The first kappa shape index (κ1) is 8.81. The Morgan fingerprint density at radius 1 is 1.21 bits per heavy atom. The smallest absolute Gasteiger partial charge is 0.258 e. The van der Waals surface area contributed by atoms with Crippen molar-refractivity contribution in [3.8, 4) is 0 Å². The molecule has 1 N–H and O–H groups in total. The summed E-state index contributed by atoms with van der Waals surface area (Å²) in [6.07, 6.45) is 1.78. The molecule has 72 valence electrons. The van der Waals surface area contributed by atoms with Crippen LogP contribution in [0.15, 0.2) is 35.3 Å². The second-order valence-corrected chi connectivity index (χ2v) is 3.25. The molecule has 3 nitrogen and oxygen atoms in total. The van der Waals surface area contributed by atoms with Crippen LogP contribution in [0, 0.1) is 0 Å². The van der Waals surface area contributed by atoms with Gasteiger partial charge in [0.05, 0.1) is 0 Å². The Hall–Kier alpha value is -1.77. The molecule has 0 saturated heterocycles. The van der Waals surface area contributed by atoms with Gasteiger partial charge in [0.2, 0.25) is 0 Å². The van der Waals surface area contributed by atoms with E-state index in [2.05, 4.69) is 5.32 Å². The van der Waals surface area contributed by atoms with Crippen LogP contribution in [-0.2, 0) is 7.05 Å². The molecule has 2 aromatic rings. The molecule has 0 amide bonds. The molecule has 1 aromatic carbocycles. The molecule has 1 heterocycles. The Labute approximate surface area is 82.0 Å². The molecule has 0 aliphatic carbocycles. The third-order valence-electron chi connectivity index (χ3n) is 2.39. The topological polar surface area (TPSA) is 34.0 Å². The second-order valence-electron chi connectivity index (χ2n) is 3.25. The lowest BCUT2D eigenvalue weighted by Gasteiger charge is -2.06. The molecule has 0 fully saturated rings. The van der Waals surface area contributed by atoms with E-state index in [0.29, 0.717) is 0 Å². The Bertz CT molecular complexity index is 528. The van der Waals surface area contributed by atoms with E-state index in [1.807, 2.05) is 31.3 Å². The minimum Gasteiger partial charge on any atom is -0.388 e. The molecule has 2 rings (SSSR count). The van der Waals surface area contributed by atoms with Gasteiger partial charge in [-0.25, -0.2) is 0 Å². The van der Waals surface area contributed by atoms with Crippen LogP contribution >= 0.6 is 0 Å². The van der Waals surface area contributed by atoms with Crippen molar-refractivity contribution < 1.29 is 0 Å². The molecule has 0 radical (unpaired) electrons. The standard InChI is InChI=1S/C11H12N2O/c1-12-10-5-3-4-9-8(10)6-7-13(2)11(9)14/h3-7,12H,1-2H3. The average Bonchev–Trinajstić information content (AvgIpc) is 2.23. The highest BCUT2D eigenvalue weighted by molar-refractivity contribution is 5.93. The van der Waals surface area contributed by atoms with Crippen LogP contribution in [0.25, 0.3) is 10.8 Å². The van der Waals surface area contributed by atoms with E-state index < -0.39 is 0 Å². The first-order chi connectivity index (χ1) is 6.74. The summed E-state index contributed by atoms with van der Waals surface area (Å²) in [5.74, 6) is 0. The van der Waals surface area contributed by atoms with E-state index in [9.17, 15) is 4.79 Å².